The van der Waals surface area contributed by atoms with Gasteiger partial charge in [-0.1, -0.05) is 0 Å². The van der Waals surface area contributed by atoms with Crippen molar-refractivity contribution < 1.29 is 18.7 Å². The highest BCUT2D eigenvalue weighted by Gasteiger charge is 2.63. The van der Waals surface area contributed by atoms with Crippen molar-refractivity contribution >= 4 is 9.47 Å². The molecule has 0 saturated carbocycles. The summed E-state index contributed by atoms with van der Waals surface area (Å²) >= 11 is 0. The zero-order valence-corrected chi connectivity index (χ0v) is 5.86. The van der Waals surface area contributed by atoms with Crippen LogP contribution in [0.1, 0.15) is 6.42 Å². The summed E-state index contributed by atoms with van der Waals surface area (Å²) in [5, 5.41) is 0. The van der Waals surface area contributed by atoms with Crippen molar-refractivity contribution in [3.05, 3.63) is 0 Å². The molecule has 3 aliphatic rings. The molecule has 5 heteroatoms. The third-order valence-electron chi connectivity index (χ3n) is 1.39. The molecule has 3 saturated heterocycles. The second-order valence-corrected chi connectivity index (χ2v) is 2.31. The van der Waals surface area contributed by atoms with Crippen molar-refractivity contribution in [3.63, 3.8) is 0 Å². The predicted octanol–water partition coefficient (Wildman–Crippen LogP) is 0.198. The van der Waals surface area contributed by atoms with E-state index in [0.29, 0.717) is 0 Å². The van der Waals surface area contributed by atoms with Crippen LogP contribution in [0.5, 0.6) is 0 Å². The highest BCUT2D eigenvalue weighted by Crippen LogP contribution is 2.48. The molecule has 3 aliphatic heterocycles. The molecule has 0 amide bonds. The van der Waals surface area contributed by atoms with Crippen LogP contribution in [0.25, 0.3) is 0 Å². The molecule has 0 aromatic heterocycles. The van der Waals surface area contributed by atoms with Crippen molar-refractivity contribution in [2.75, 3.05) is 6.79 Å². The maximum Gasteiger partial charge on any atom is 0.294 e. The fourth-order valence-electron chi connectivity index (χ4n) is 0.845. The Balaban J connectivity index is 1.73. The smallest absolute Gasteiger partial charge is 0.294 e. The molecule has 52 valence electrons. The van der Waals surface area contributed by atoms with Crippen LogP contribution in [-0.2, 0) is 18.7 Å². The topological polar surface area (TPSA) is 36.9 Å². The lowest BCUT2D eigenvalue weighted by Gasteiger charge is -2.57. The predicted molar refractivity (Wildman–Crippen MR) is 30.1 cm³/mol. The minimum atomic E-state index is -0.721. The minimum Gasteiger partial charge on any atom is -0.339 e. The van der Waals surface area contributed by atoms with E-state index in [9.17, 15) is 0 Å². The van der Waals surface area contributed by atoms with Gasteiger partial charge in [0.1, 0.15) is 0 Å². The van der Waals surface area contributed by atoms with Crippen LogP contribution in [0.4, 0.5) is 0 Å². The van der Waals surface area contributed by atoms with Crippen LogP contribution in [0.2, 0.25) is 0 Å². The van der Waals surface area contributed by atoms with Gasteiger partial charge < -0.3 is 4.52 Å². The number of ether oxygens (including phenoxy) is 3. The fourth-order valence-corrected chi connectivity index (χ4v) is 0.913. The average molecular weight is 150 g/mol. The Kier molecular flexibility index (Phi) is 1.25. The summed E-state index contributed by atoms with van der Waals surface area (Å²) in [6.07, 6.45) is 0.829. The van der Waals surface area contributed by atoms with E-state index in [1.807, 2.05) is 0 Å². The van der Waals surface area contributed by atoms with Gasteiger partial charge in [-0.05, 0) is 0 Å². The first-order chi connectivity index (χ1) is 4.35. The molecule has 0 aliphatic carbocycles. The van der Waals surface area contributed by atoms with E-state index in [-0.39, 0.29) is 13.1 Å². The van der Waals surface area contributed by atoms with Crippen molar-refractivity contribution in [2.24, 2.45) is 0 Å². The summed E-state index contributed by atoms with van der Waals surface area (Å²) in [4.78, 5) is 0. The largest absolute Gasteiger partial charge is 0.339 e. The molecule has 0 radical (unpaired) electrons. The summed E-state index contributed by atoms with van der Waals surface area (Å²) < 4.78 is 19.5. The molecule has 0 aromatic carbocycles. The summed E-state index contributed by atoms with van der Waals surface area (Å²) in [6, 6.07) is 0. The Hall–Kier alpha value is 0.270. The van der Waals surface area contributed by atoms with Crippen molar-refractivity contribution in [3.8, 4) is 0 Å². The van der Waals surface area contributed by atoms with E-state index in [4.69, 9.17) is 14.2 Å². The van der Waals surface area contributed by atoms with Crippen molar-refractivity contribution in [2.45, 2.75) is 18.7 Å². The molecule has 2 bridgehead atoms. The van der Waals surface area contributed by atoms with Crippen LogP contribution in [0.15, 0.2) is 0 Å². The molecule has 3 heterocycles. The van der Waals surface area contributed by atoms with Gasteiger partial charge in [-0.3, -0.25) is 14.2 Å². The van der Waals surface area contributed by atoms with Gasteiger partial charge in [0, 0.05) is 9.47 Å². The molecule has 3 rings (SSSR count). The average Bonchev–Trinajstić information content (AvgIpc) is 1.59. The van der Waals surface area contributed by atoms with E-state index < -0.39 is 5.97 Å². The van der Waals surface area contributed by atoms with Crippen LogP contribution < -0.4 is 0 Å². The van der Waals surface area contributed by atoms with Crippen LogP contribution in [0.3, 0.4) is 0 Å². The highest BCUT2D eigenvalue weighted by atomic mass is 31.0. The molecule has 0 aromatic rings. The van der Waals surface area contributed by atoms with Gasteiger partial charge in [0.25, 0.3) is 5.97 Å². The second-order valence-electron chi connectivity index (χ2n) is 1.98. The lowest BCUT2D eigenvalue weighted by molar-refractivity contribution is -0.637. The molecular weight excluding hydrogens is 143 g/mol. The zero-order chi connectivity index (χ0) is 6.32. The van der Waals surface area contributed by atoms with Crippen molar-refractivity contribution in [1.82, 2.24) is 0 Å². The first kappa shape index (κ1) is 6.01. The van der Waals surface area contributed by atoms with E-state index in [1.54, 1.807) is 0 Å². The summed E-state index contributed by atoms with van der Waals surface area (Å²) in [7, 11) is 2.08. The summed E-state index contributed by atoms with van der Waals surface area (Å²) in [5.74, 6) is -0.721. The Morgan fingerprint density at radius 2 is 2.33 bits per heavy atom. The normalized spacial score (nSPS) is 45.7. The van der Waals surface area contributed by atoms with Gasteiger partial charge in [-0.2, -0.15) is 0 Å². The number of rotatable bonds is 3. The summed E-state index contributed by atoms with van der Waals surface area (Å²) in [6.45, 7) is 0.192. The second kappa shape index (κ2) is 1.87. The van der Waals surface area contributed by atoms with E-state index in [1.165, 1.54) is 0 Å². The molecule has 1 unspecified atom stereocenters. The lowest BCUT2D eigenvalue weighted by Crippen LogP contribution is -2.69. The quantitative estimate of drug-likeness (QED) is 0.425. The molecule has 4 nitrogen and oxygen atoms in total. The number of hydrogen-bond acceptors (Lipinski definition) is 4. The Morgan fingerprint density at radius 3 is 2.67 bits per heavy atom. The van der Waals surface area contributed by atoms with Gasteiger partial charge in [0.05, 0.1) is 6.42 Å². The molecule has 0 N–H and O–H groups in total. The SMILES string of the molecule is POCOC12CC(O1)O2. The minimum absolute atomic E-state index is 0.00508. The maximum atomic E-state index is 4.99. The third kappa shape index (κ3) is 0.791. The molecule has 0 spiro atoms. The fraction of sp³-hybridized carbons (Fsp3) is 1.00. The molecule has 9 heavy (non-hydrogen) atoms. The zero-order valence-electron chi connectivity index (χ0n) is 4.70. The van der Waals surface area contributed by atoms with Crippen LogP contribution in [0, 0.1) is 0 Å². The maximum absolute atomic E-state index is 4.99. The molecule has 1 atom stereocenters. The lowest BCUT2D eigenvalue weighted by atomic mass is 10.2. The van der Waals surface area contributed by atoms with E-state index >= 15 is 0 Å². The van der Waals surface area contributed by atoms with Gasteiger partial charge in [0.2, 0.25) is 0 Å². The van der Waals surface area contributed by atoms with E-state index in [0.717, 1.165) is 6.42 Å². The summed E-state index contributed by atoms with van der Waals surface area (Å²) in [5.41, 5.74) is 0. The van der Waals surface area contributed by atoms with E-state index in [2.05, 4.69) is 14.0 Å². The number of hydrogen-bond donors (Lipinski definition) is 0. The van der Waals surface area contributed by atoms with Gasteiger partial charge in [0.15, 0.2) is 13.1 Å². The van der Waals surface area contributed by atoms with Gasteiger partial charge in [-0.15, -0.1) is 0 Å². The molecular formula is C4H7O4P. The van der Waals surface area contributed by atoms with Crippen LogP contribution >= 0.6 is 9.47 Å². The Bertz CT molecular complexity index is 111. The van der Waals surface area contributed by atoms with Gasteiger partial charge in [-0.25, -0.2) is 0 Å². The van der Waals surface area contributed by atoms with Gasteiger partial charge >= 0.3 is 0 Å². The van der Waals surface area contributed by atoms with Crippen LogP contribution in [-0.4, -0.2) is 19.1 Å². The monoisotopic (exact) mass is 150 g/mol. The third-order valence-corrected chi connectivity index (χ3v) is 1.52. The highest BCUT2D eigenvalue weighted by molar-refractivity contribution is 7.09. The Labute approximate surface area is 54.7 Å². The first-order valence-electron chi connectivity index (χ1n) is 2.66. The van der Waals surface area contributed by atoms with Crippen molar-refractivity contribution in [1.29, 1.82) is 0 Å². The molecule has 3 fully saturated rings. The first-order valence-corrected chi connectivity index (χ1v) is 3.13. The Morgan fingerprint density at radius 1 is 1.67 bits per heavy atom. The standard InChI is InChI=1S/C4H7O4P/c9-6-2-5-4-1-3(7-4)8-4/h3H,1-2,9H2.